The molecule has 0 aromatic carbocycles. The molecule has 1 aromatic heterocycles. The quantitative estimate of drug-likeness (QED) is 0.804. The Morgan fingerprint density at radius 3 is 3.12 bits per heavy atom. The molecule has 2 unspecified atom stereocenters. The Labute approximate surface area is 95.4 Å². The van der Waals surface area contributed by atoms with Crippen LogP contribution in [-0.4, -0.2) is 28.4 Å². The van der Waals surface area contributed by atoms with Gasteiger partial charge in [-0.05, 0) is 31.4 Å². The Morgan fingerprint density at radius 2 is 2.50 bits per heavy atom. The number of nitrogens with two attached hydrogens (primary N) is 1. The minimum absolute atomic E-state index is 0.428. The first kappa shape index (κ1) is 11.4. The lowest BCUT2D eigenvalue weighted by atomic mass is 9.91. The monoisotopic (exact) mass is 222 g/mol. The highest BCUT2D eigenvalue weighted by molar-refractivity contribution is 5.44. The summed E-state index contributed by atoms with van der Waals surface area (Å²) in [5, 5.41) is 10.2. The largest absolute Gasteiger partial charge is 0.398 e. The Balaban J connectivity index is 2.07. The van der Waals surface area contributed by atoms with Crippen LogP contribution in [0.25, 0.3) is 0 Å². The van der Waals surface area contributed by atoms with Gasteiger partial charge in [0.15, 0.2) is 0 Å². The number of aliphatic hydroxyl groups is 1. The summed E-state index contributed by atoms with van der Waals surface area (Å²) in [4.78, 5) is 4.02. The van der Waals surface area contributed by atoms with Crippen molar-refractivity contribution in [1.82, 2.24) is 4.98 Å². The molecule has 0 amide bonds. The average molecular weight is 222 g/mol. The van der Waals surface area contributed by atoms with Gasteiger partial charge < -0.3 is 15.6 Å². The number of hydrogen-bond donors (Lipinski definition) is 2. The van der Waals surface area contributed by atoms with E-state index in [-0.39, 0.29) is 0 Å². The molecule has 1 aliphatic heterocycles. The number of nitrogens with zero attached hydrogens (tertiary/aromatic N) is 1. The highest BCUT2D eigenvalue weighted by Gasteiger charge is 2.37. The van der Waals surface area contributed by atoms with Crippen molar-refractivity contribution in [3.05, 3.63) is 24.0 Å². The van der Waals surface area contributed by atoms with Gasteiger partial charge in [-0.3, -0.25) is 4.98 Å². The molecule has 0 spiro atoms. The maximum absolute atomic E-state index is 10.2. The van der Waals surface area contributed by atoms with Crippen molar-refractivity contribution in [3.8, 4) is 0 Å². The lowest BCUT2D eigenvalue weighted by Gasteiger charge is -2.29. The normalized spacial score (nSPS) is 26.9. The summed E-state index contributed by atoms with van der Waals surface area (Å²) in [7, 11) is 0. The van der Waals surface area contributed by atoms with Crippen LogP contribution in [0.4, 0.5) is 5.69 Å². The second-order valence-corrected chi connectivity index (χ2v) is 4.56. The molecule has 4 nitrogen and oxygen atoms in total. The zero-order valence-electron chi connectivity index (χ0n) is 9.52. The number of rotatable bonds is 3. The van der Waals surface area contributed by atoms with Gasteiger partial charge in [0.25, 0.3) is 0 Å². The smallest absolute Gasteiger partial charge is 0.0916 e. The van der Waals surface area contributed by atoms with E-state index in [1.807, 2.05) is 6.92 Å². The average Bonchev–Trinajstić information content (AvgIpc) is 2.70. The van der Waals surface area contributed by atoms with Gasteiger partial charge in [0.2, 0.25) is 0 Å². The molecule has 1 aromatic rings. The molecule has 0 bridgehead atoms. The Hall–Kier alpha value is -1.13. The lowest BCUT2D eigenvalue weighted by Crippen LogP contribution is -2.40. The molecule has 1 aliphatic rings. The van der Waals surface area contributed by atoms with E-state index in [9.17, 15) is 5.11 Å². The van der Waals surface area contributed by atoms with Crippen LogP contribution in [0, 0.1) is 0 Å². The van der Waals surface area contributed by atoms with Crippen molar-refractivity contribution < 1.29 is 9.84 Å². The van der Waals surface area contributed by atoms with Crippen molar-refractivity contribution in [2.75, 3.05) is 12.3 Å². The number of ether oxygens (including phenoxy) is 1. The van der Waals surface area contributed by atoms with E-state index in [4.69, 9.17) is 10.5 Å². The van der Waals surface area contributed by atoms with Crippen LogP contribution >= 0.6 is 0 Å². The number of anilines is 1. The predicted molar refractivity (Wildman–Crippen MR) is 62.0 cm³/mol. The van der Waals surface area contributed by atoms with Gasteiger partial charge in [0.1, 0.15) is 0 Å². The number of nitrogen functional groups attached to an aromatic ring is 1. The van der Waals surface area contributed by atoms with Crippen LogP contribution in [0.1, 0.15) is 25.3 Å². The third-order valence-corrected chi connectivity index (χ3v) is 3.31. The fraction of sp³-hybridized carbons (Fsp3) is 0.583. The molecule has 0 saturated carbocycles. The van der Waals surface area contributed by atoms with Gasteiger partial charge in [-0.2, -0.15) is 0 Å². The van der Waals surface area contributed by atoms with Crippen molar-refractivity contribution in [2.24, 2.45) is 0 Å². The summed E-state index contributed by atoms with van der Waals surface area (Å²) in [5.74, 6) is 0. The molecule has 88 valence electrons. The summed E-state index contributed by atoms with van der Waals surface area (Å²) >= 11 is 0. The number of aliphatic hydroxyl groups excluding tert-OH is 1. The third-order valence-electron chi connectivity index (χ3n) is 3.31. The maximum atomic E-state index is 10.2. The van der Waals surface area contributed by atoms with Crippen LogP contribution in [0.2, 0.25) is 0 Å². The fourth-order valence-corrected chi connectivity index (χ4v) is 2.10. The Kier molecular flexibility index (Phi) is 3.12. The maximum Gasteiger partial charge on any atom is 0.0916 e. The molecule has 1 saturated heterocycles. The standard InChI is InChI=1S/C12H18N2O2/c1-12(4-2-6-16-12)11(15)7-9-8-14-5-3-10(9)13/h3,5,8,11,15H,2,4,6-7H2,1H3,(H2,13,14). The third kappa shape index (κ3) is 2.18. The number of pyridine rings is 1. The van der Waals surface area contributed by atoms with Crippen molar-refractivity contribution >= 4 is 5.69 Å². The van der Waals surface area contributed by atoms with Gasteiger partial charge in [0, 0.05) is 31.1 Å². The van der Waals surface area contributed by atoms with Gasteiger partial charge in [-0.15, -0.1) is 0 Å². The summed E-state index contributed by atoms with van der Waals surface area (Å²) in [5.41, 5.74) is 6.95. The van der Waals surface area contributed by atoms with Gasteiger partial charge in [-0.25, -0.2) is 0 Å². The first-order chi connectivity index (χ1) is 7.62. The van der Waals surface area contributed by atoms with E-state index in [1.165, 1.54) is 0 Å². The number of aromatic nitrogens is 1. The first-order valence-electron chi connectivity index (χ1n) is 5.62. The summed E-state index contributed by atoms with van der Waals surface area (Å²) in [6, 6.07) is 1.75. The van der Waals surface area contributed by atoms with E-state index < -0.39 is 11.7 Å². The van der Waals surface area contributed by atoms with Gasteiger partial charge >= 0.3 is 0 Å². The molecular weight excluding hydrogens is 204 g/mol. The zero-order valence-corrected chi connectivity index (χ0v) is 9.52. The molecule has 0 radical (unpaired) electrons. The fourth-order valence-electron chi connectivity index (χ4n) is 2.10. The van der Waals surface area contributed by atoms with Crippen LogP contribution in [0.15, 0.2) is 18.5 Å². The second-order valence-electron chi connectivity index (χ2n) is 4.56. The van der Waals surface area contributed by atoms with Crippen molar-refractivity contribution in [3.63, 3.8) is 0 Å². The van der Waals surface area contributed by atoms with Crippen LogP contribution in [0.3, 0.4) is 0 Å². The highest BCUT2D eigenvalue weighted by Crippen LogP contribution is 2.30. The molecule has 16 heavy (non-hydrogen) atoms. The Bertz CT molecular complexity index is 362. The minimum atomic E-state index is -0.526. The van der Waals surface area contributed by atoms with Crippen LogP contribution < -0.4 is 5.73 Å². The van der Waals surface area contributed by atoms with Crippen molar-refractivity contribution in [2.45, 2.75) is 37.9 Å². The molecule has 4 heteroatoms. The summed E-state index contributed by atoms with van der Waals surface area (Å²) in [6.07, 6.45) is 5.23. The second kappa shape index (κ2) is 4.39. The molecule has 0 aliphatic carbocycles. The van der Waals surface area contributed by atoms with E-state index in [1.54, 1.807) is 18.5 Å². The lowest BCUT2D eigenvalue weighted by molar-refractivity contribution is -0.0767. The van der Waals surface area contributed by atoms with Gasteiger partial charge in [0.05, 0.1) is 11.7 Å². The summed E-state index contributed by atoms with van der Waals surface area (Å²) < 4.78 is 5.60. The van der Waals surface area contributed by atoms with E-state index in [2.05, 4.69) is 4.98 Å². The predicted octanol–water partition coefficient (Wildman–Crippen LogP) is 1.14. The minimum Gasteiger partial charge on any atom is -0.398 e. The molecule has 1 fully saturated rings. The molecule has 2 rings (SSSR count). The van der Waals surface area contributed by atoms with Gasteiger partial charge in [-0.1, -0.05) is 0 Å². The van der Waals surface area contributed by atoms with E-state index >= 15 is 0 Å². The van der Waals surface area contributed by atoms with E-state index in [0.29, 0.717) is 12.1 Å². The molecule has 2 heterocycles. The van der Waals surface area contributed by atoms with E-state index in [0.717, 1.165) is 25.0 Å². The summed E-state index contributed by atoms with van der Waals surface area (Å²) in [6.45, 7) is 2.69. The van der Waals surface area contributed by atoms with Crippen LogP contribution in [-0.2, 0) is 11.2 Å². The number of hydrogen-bond acceptors (Lipinski definition) is 4. The SMILES string of the molecule is CC1(C(O)Cc2cnccc2N)CCCO1. The Morgan fingerprint density at radius 1 is 1.69 bits per heavy atom. The topological polar surface area (TPSA) is 68.4 Å². The molecule has 2 atom stereocenters. The highest BCUT2D eigenvalue weighted by atomic mass is 16.5. The zero-order chi connectivity index (χ0) is 11.6. The van der Waals surface area contributed by atoms with Crippen molar-refractivity contribution in [1.29, 1.82) is 0 Å². The molecular formula is C12H18N2O2. The van der Waals surface area contributed by atoms with Crippen LogP contribution in [0.5, 0.6) is 0 Å². The first-order valence-corrected chi connectivity index (χ1v) is 5.62. The molecule has 3 N–H and O–H groups in total.